The molecule has 0 aliphatic carbocycles. The molecule has 1 fully saturated rings. The number of hydrogen-bond donors (Lipinski definition) is 2. The third-order valence-electron chi connectivity index (χ3n) is 4.30. The first-order valence-electron chi connectivity index (χ1n) is 8.50. The van der Waals surface area contributed by atoms with Crippen molar-refractivity contribution >= 4 is 17.5 Å². The molecule has 2 aromatic rings. The molecule has 0 aromatic heterocycles. The van der Waals surface area contributed by atoms with Crippen molar-refractivity contribution in [2.75, 3.05) is 18.5 Å². The molecular formula is C20H22N2O3. The van der Waals surface area contributed by atoms with Crippen molar-refractivity contribution in [3.8, 4) is 0 Å². The quantitative estimate of drug-likeness (QED) is 0.880. The fraction of sp³-hybridized carbons (Fsp3) is 0.300. The Labute approximate surface area is 147 Å². The Morgan fingerprint density at radius 2 is 1.88 bits per heavy atom. The molecule has 0 spiro atoms. The summed E-state index contributed by atoms with van der Waals surface area (Å²) in [6.45, 7) is 3.17. The Balaban J connectivity index is 1.67. The summed E-state index contributed by atoms with van der Waals surface area (Å²) in [5, 5.41) is 5.77. The first-order valence-corrected chi connectivity index (χ1v) is 8.50. The second kappa shape index (κ2) is 7.94. The molecule has 1 saturated heterocycles. The lowest BCUT2D eigenvalue weighted by atomic mass is 10.1. The van der Waals surface area contributed by atoms with E-state index in [1.165, 1.54) is 0 Å². The van der Waals surface area contributed by atoms with E-state index in [1.807, 2.05) is 31.2 Å². The van der Waals surface area contributed by atoms with Crippen LogP contribution in [-0.2, 0) is 4.74 Å². The summed E-state index contributed by atoms with van der Waals surface area (Å²) < 4.78 is 5.51. The van der Waals surface area contributed by atoms with Gasteiger partial charge in [0.2, 0.25) is 0 Å². The maximum absolute atomic E-state index is 12.3. The molecule has 0 bridgehead atoms. The van der Waals surface area contributed by atoms with Crippen LogP contribution in [-0.4, -0.2) is 31.1 Å². The predicted molar refractivity (Wildman–Crippen MR) is 96.9 cm³/mol. The highest BCUT2D eigenvalue weighted by atomic mass is 16.5. The van der Waals surface area contributed by atoms with E-state index < -0.39 is 0 Å². The van der Waals surface area contributed by atoms with E-state index in [9.17, 15) is 9.59 Å². The van der Waals surface area contributed by atoms with Crippen LogP contribution in [0, 0.1) is 6.92 Å². The molecule has 130 valence electrons. The van der Waals surface area contributed by atoms with Gasteiger partial charge in [0, 0.05) is 30.0 Å². The molecule has 3 rings (SSSR count). The smallest absolute Gasteiger partial charge is 0.255 e. The Hall–Kier alpha value is -2.66. The average molecular weight is 338 g/mol. The van der Waals surface area contributed by atoms with Crippen molar-refractivity contribution in [1.29, 1.82) is 0 Å². The maximum atomic E-state index is 12.3. The van der Waals surface area contributed by atoms with Gasteiger partial charge in [-0.05, 0) is 49.6 Å². The average Bonchev–Trinajstić information content (AvgIpc) is 3.16. The zero-order valence-corrected chi connectivity index (χ0v) is 14.2. The molecule has 1 aliphatic heterocycles. The summed E-state index contributed by atoms with van der Waals surface area (Å²) in [6, 6.07) is 14.3. The summed E-state index contributed by atoms with van der Waals surface area (Å²) in [6.07, 6.45) is 2.12. The van der Waals surface area contributed by atoms with E-state index in [1.54, 1.807) is 24.3 Å². The minimum Gasteiger partial charge on any atom is -0.376 e. The van der Waals surface area contributed by atoms with Crippen molar-refractivity contribution in [1.82, 2.24) is 5.32 Å². The fourth-order valence-electron chi connectivity index (χ4n) is 2.80. The molecule has 1 aliphatic rings. The molecule has 0 unspecified atom stereocenters. The first-order chi connectivity index (χ1) is 12.1. The molecule has 1 atom stereocenters. The molecule has 2 N–H and O–H groups in total. The maximum Gasteiger partial charge on any atom is 0.255 e. The summed E-state index contributed by atoms with van der Waals surface area (Å²) in [5.74, 6) is -0.355. The van der Waals surface area contributed by atoms with E-state index in [0.717, 1.165) is 25.0 Å². The van der Waals surface area contributed by atoms with Gasteiger partial charge >= 0.3 is 0 Å². The summed E-state index contributed by atoms with van der Waals surface area (Å²) in [5.41, 5.74) is 2.64. The van der Waals surface area contributed by atoms with Crippen LogP contribution in [0.25, 0.3) is 0 Å². The first kappa shape index (κ1) is 17.2. The number of carbonyl (C=O) groups is 2. The lowest BCUT2D eigenvalue weighted by molar-refractivity contribution is 0.0857. The predicted octanol–water partition coefficient (Wildman–Crippen LogP) is 3.16. The molecule has 0 saturated carbocycles. The second-order valence-corrected chi connectivity index (χ2v) is 6.19. The normalized spacial score (nSPS) is 16.4. The van der Waals surface area contributed by atoms with Gasteiger partial charge in [-0.25, -0.2) is 0 Å². The van der Waals surface area contributed by atoms with E-state index in [-0.39, 0.29) is 17.9 Å². The van der Waals surface area contributed by atoms with Gasteiger partial charge in [0.15, 0.2) is 0 Å². The van der Waals surface area contributed by atoms with Crippen molar-refractivity contribution in [3.63, 3.8) is 0 Å². The topological polar surface area (TPSA) is 67.4 Å². The molecule has 2 aromatic carbocycles. The standard InChI is InChI=1S/C20H22N2O3/c1-14-9-10-16(19(23)21-13-17-8-5-11-25-17)12-18(14)22-20(24)15-6-3-2-4-7-15/h2-4,6-7,9-10,12,17H,5,8,11,13H2,1H3,(H,21,23)(H,22,24)/t17-/m1/s1. The van der Waals surface area contributed by atoms with Crippen molar-refractivity contribution in [2.24, 2.45) is 0 Å². The van der Waals surface area contributed by atoms with Gasteiger partial charge in [-0.1, -0.05) is 24.3 Å². The van der Waals surface area contributed by atoms with E-state index in [4.69, 9.17) is 4.74 Å². The molecule has 5 nitrogen and oxygen atoms in total. The van der Waals surface area contributed by atoms with Gasteiger partial charge in [-0.15, -0.1) is 0 Å². The Morgan fingerprint density at radius 3 is 2.60 bits per heavy atom. The number of amides is 2. The van der Waals surface area contributed by atoms with Crippen LogP contribution >= 0.6 is 0 Å². The Kier molecular flexibility index (Phi) is 5.46. The molecule has 1 heterocycles. The lowest BCUT2D eigenvalue weighted by Crippen LogP contribution is -2.31. The van der Waals surface area contributed by atoms with Gasteiger partial charge in [0.05, 0.1) is 6.10 Å². The minimum atomic E-state index is -0.194. The zero-order chi connectivity index (χ0) is 17.6. The number of nitrogens with one attached hydrogen (secondary N) is 2. The molecular weight excluding hydrogens is 316 g/mol. The summed E-state index contributed by atoms with van der Waals surface area (Å²) >= 11 is 0. The highest BCUT2D eigenvalue weighted by Crippen LogP contribution is 2.18. The number of benzene rings is 2. The van der Waals surface area contributed by atoms with Crippen LogP contribution < -0.4 is 10.6 Å². The van der Waals surface area contributed by atoms with E-state index >= 15 is 0 Å². The minimum absolute atomic E-state index is 0.103. The van der Waals surface area contributed by atoms with Crippen LogP contribution in [0.2, 0.25) is 0 Å². The summed E-state index contributed by atoms with van der Waals surface area (Å²) in [7, 11) is 0. The SMILES string of the molecule is Cc1ccc(C(=O)NC[C@H]2CCCO2)cc1NC(=O)c1ccccc1. The zero-order valence-electron chi connectivity index (χ0n) is 14.2. The number of carbonyl (C=O) groups excluding carboxylic acids is 2. The van der Waals surface area contributed by atoms with Gasteiger partial charge < -0.3 is 15.4 Å². The third kappa shape index (κ3) is 4.45. The molecule has 5 heteroatoms. The van der Waals surface area contributed by atoms with Crippen LogP contribution in [0.4, 0.5) is 5.69 Å². The third-order valence-corrected chi connectivity index (χ3v) is 4.30. The Morgan fingerprint density at radius 1 is 1.08 bits per heavy atom. The second-order valence-electron chi connectivity index (χ2n) is 6.19. The number of rotatable bonds is 5. The fourth-order valence-corrected chi connectivity index (χ4v) is 2.80. The van der Waals surface area contributed by atoms with E-state index in [0.29, 0.717) is 23.4 Å². The van der Waals surface area contributed by atoms with Crippen LogP contribution in [0.1, 0.15) is 39.1 Å². The van der Waals surface area contributed by atoms with Crippen LogP contribution in [0.15, 0.2) is 48.5 Å². The van der Waals surface area contributed by atoms with Crippen molar-refractivity contribution in [3.05, 3.63) is 65.2 Å². The van der Waals surface area contributed by atoms with Gasteiger partial charge in [-0.2, -0.15) is 0 Å². The van der Waals surface area contributed by atoms with Gasteiger partial charge in [-0.3, -0.25) is 9.59 Å². The molecule has 25 heavy (non-hydrogen) atoms. The van der Waals surface area contributed by atoms with Crippen LogP contribution in [0.3, 0.4) is 0 Å². The number of anilines is 1. The monoisotopic (exact) mass is 338 g/mol. The lowest BCUT2D eigenvalue weighted by Gasteiger charge is -2.13. The van der Waals surface area contributed by atoms with Crippen LogP contribution in [0.5, 0.6) is 0 Å². The number of aryl methyl sites for hydroxylation is 1. The highest BCUT2D eigenvalue weighted by Gasteiger charge is 2.17. The van der Waals surface area contributed by atoms with E-state index in [2.05, 4.69) is 10.6 Å². The van der Waals surface area contributed by atoms with Crippen molar-refractivity contribution < 1.29 is 14.3 Å². The molecule has 2 amide bonds. The number of ether oxygens (including phenoxy) is 1. The highest BCUT2D eigenvalue weighted by molar-refractivity contribution is 6.05. The van der Waals surface area contributed by atoms with Gasteiger partial charge in [0.1, 0.15) is 0 Å². The summed E-state index contributed by atoms with van der Waals surface area (Å²) in [4.78, 5) is 24.7. The largest absolute Gasteiger partial charge is 0.376 e. The van der Waals surface area contributed by atoms with Gasteiger partial charge in [0.25, 0.3) is 11.8 Å². The molecule has 0 radical (unpaired) electrons. The van der Waals surface area contributed by atoms with Crippen molar-refractivity contribution in [2.45, 2.75) is 25.9 Å². The Bertz CT molecular complexity index is 753. The number of hydrogen-bond acceptors (Lipinski definition) is 3.